The summed E-state index contributed by atoms with van der Waals surface area (Å²) in [7, 11) is 0. The molecule has 0 radical (unpaired) electrons. The SMILES string of the molecule is CCC(Cl)c1cn(Cc2ccncc2)nn1. The molecule has 0 aliphatic carbocycles. The van der Waals surface area contributed by atoms with Gasteiger partial charge in [0.15, 0.2) is 0 Å². The van der Waals surface area contributed by atoms with E-state index in [9.17, 15) is 0 Å². The molecule has 0 aliphatic rings. The van der Waals surface area contributed by atoms with Crippen LogP contribution in [0.15, 0.2) is 30.7 Å². The van der Waals surface area contributed by atoms with Crippen LogP contribution in [0.25, 0.3) is 0 Å². The fourth-order valence-electron chi connectivity index (χ4n) is 1.42. The van der Waals surface area contributed by atoms with E-state index < -0.39 is 0 Å². The Hall–Kier alpha value is -1.42. The standard InChI is InChI=1S/C11H13ClN4/c1-2-10(12)11-8-16(15-14-11)7-9-3-5-13-6-4-9/h3-6,8,10H,2,7H2,1H3. The first-order valence-corrected chi connectivity index (χ1v) is 5.66. The van der Waals surface area contributed by atoms with Crippen molar-refractivity contribution in [3.63, 3.8) is 0 Å². The Kier molecular flexibility index (Phi) is 3.51. The molecule has 0 aromatic carbocycles. The number of pyridine rings is 1. The van der Waals surface area contributed by atoms with Crippen LogP contribution in [0.2, 0.25) is 0 Å². The zero-order chi connectivity index (χ0) is 11.4. The number of alkyl halides is 1. The molecule has 0 bridgehead atoms. The number of nitrogens with zero attached hydrogens (tertiary/aromatic N) is 4. The van der Waals surface area contributed by atoms with E-state index in [1.807, 2.05) is 25.3 Å². The maximum Gasteiger partial charge on any atom is 0.101 e. The summed E-state index contributed by atoms with van der Waals surface area (Å²) in [4.78, 5) is 3.97. The van der Waals surface area contributed by atoms with Gasteiger partial charge in [0.25, 0.3) is 0 Å². The molecule has 0 saturated carbocycles. The Morgan fingerprint density at radius 1 is 1.38 bits per heavy atom. The van der Waals surface area contributed by atoms with Crippen LogP contribution in [0.1, 0.15) is 30.0 Å². The van der Waals surface area contributed by atoms with Crippen LogP contribution in [-0.2, 0) is 6.54 Å². The van der Waals surface area contributed by atoms with Gasteiger partial charge in [-0.3, -0.25) is 4.98 Å². The van der Waals surface area contributed by atoms with Crippen molar-refractivity contribution in [1.29, 1.82) is 0 Å². The molecule has 1 unspecified atom stereocenters. The minimum atomic E-state index is -0.0498. The number of hydrogen-bond acceptors (Lipinski definition) is 3. The molecule has 2 heterocycles. The van der Waals surface area contributed by atoms with Crippen molar-refractivity contribution in [3.05, 3.63) is 42.0 Å². The quantitative estimate of drug-likeness (QED) is 0.766. The number of halogens is 1. The van der Waals surface area contributed by atoms with Gasteiger partial charge in [-0.15, -0.1) is 16.7 Å². The third-order valence-corrected chi connectivity index (χ3v) is 2.86. The lowest BCUT2D eigenvalue weighted by molar-refractivity contribution is 0.648. The number of rotatable bonds is 4. The van der Waals surface area contributed by atoms with E-state index in [1.54, 1.807) is 17.1 Å². The topological polar surface area (TPSA) is 43.6 Å². The minimum absolute atomic E-state index is 0.0498. The Morgan fingerprint density at radius 2 is 2.12 bits per heavy atom. The van der Waals surface area contributed by atoms with Crippen molar-refractivity contribution < 1.29 is 0 Å². The van der Waals surface area contributed by atoms with Crippen LogP contribution < -0.4 is 0 Å². The normalized spacial score (nSPS) is 12.6. The molecule has 0 N–H and O–H groups in total. The molecule has 4 nitrogen and oxygen atoms in total. The summed E-state index contributed by atoms with van der Waals surface area (Å²) in [6.07, 6.45) is 6.28. The summed E-state index contributed by atoms with van der Waals surface area (Å²) >= 11 is 6.08. The smallest absolute Gasteiger partial charge is 0.101 e. The van der Waals surface area contributed by atoms with Gasteiger partial charge in [0, 0.05) is 12.4 Å². The van der Waals surface area contributed by atoms with E-state index in [4.69, 9.17) is 11.6 Å². The average Bonchev–Trinajstić information content (AvgIpc) is 2.78. The Bertz CT molecular complexity index is 440. The Morgan fingerprint density at radius 3 is 2.81 bits per heavy atom. The molecule has 0 saturated heterocycles. The first-order valence-electron chi connectivity index (χ1n) is 5.22. The predicted molar refractivity (Wildman–Crippen MR) is 62.2 cm³/mol. The molecule has 0 spiro atoms. The lowest BCUT2D eigenvalue weighted by Crippen LogP contribution is -2.00. The monoisotopic (exact) mass is 236 g/mol. The second-order valence-electron chi connectivity index (χ2n) is 3.57. The van der Waals surface area contributed by atoms with E-state index in [-0.39, 0.29) is 5.38 Å². The molecule has 0 fully saturated rings. The molecule has 2 rings (SSSR count). The zero-order valence-electron chi connectivity index (χ0n) is 9.05. The second-order valence-corrected chi connectivity index (χ2v) is 4.10. The summed E-state index contributed by atoms with van der Waals surface area (Å²) in [6.45, 7) is 2.72. The van der Waals surface area contributed by atoms with E-state index in [0.29, 0.717) is 6.54 Å². The largest absolute Gasteiger partial charge is 0.265 e. The van der Waals surface area contributed by atoms with Gasteiger partial charge in [0.1, 0.15) is 5.69 Å². The Balaban J connectivity index is 2.09. The molecule has 0 amide bonds. The number of hydrogen-bond donors (Lipinski definition) is 0. The van der Waals surface area contributed by atoms with E-state index >= 15 is 0 Å². The minimum Gasteiger partial charge on any atom is -0.265 e. The first-order chi connectivity index (χ1) is 7.79. The fraction of sp³-hybridized carbons (Fsp3) is 0.364. The highest BCUT2D eigenvalue weighted by Crippen LogP contribution is 2.20. The molecule has 84 valence electrons. The van der Waals surface area contributed by atoms with Crippen LogP contribution in [0.5, 0.6) is 0 Å². The molecule has 2 aromatic rings. The van der Waals surface area contributed by atoms with Crippen LogP contribution in [0.4, 0.5) is 0 Å². The van der Waals surface area contributed by atoms with Gasteiger partial charge in [-0.05, 0) is 24.1 Å². The summed E-state index contributed by atoms with van der Waals surface area (Å²) in [6, 6.07) is 3.92. The van der Waals surface area contributed by atoms with Gasteiger partial charge in [-0.2, -0.15) is 0 Å². The number of aromatic nitrogens is 4. The summed E-state index contributed by atoms with van der Waals surface area (Å²) in [5.74, 6) is 0. The third kappa shape index (κ3) is 2.58. The van der Waals surface area contributed by atoms with Gasteiger partial charge in [-0.25, -0.2) is 4.68 Å². The van der Waals surface area contributed by atoms with Crippen molar-refractivity contribution in [2.45, 2.75) is 25.3 Å². The maximum atomic E-state index is 6.08. The van der Waals surface area contributed by atoms with Crippen LogP contribution in [0.3, 0.4) is 0 Å². The highest BCUT2D eigenvalue weighted by Gasteiger charge is 2.09. The highest BCUT2D eigenvalue weighted by molar-refractivity contribution is 6.20. The molecular weight excluding hydrogens is 224 g/mol. The van der Waals surface area contributed by atoms with Gasteiger partial charge in [0.2, 0.25) is 0 Å². The van der Waals surface area contributed by atoms with Crippen LogP contribution in [0, 0.1) is 0 Å². The van der Waals surface area contributed by atoms with Crippen molar-refractivity contribution >= 4 is 11.6 Å². The second kappa shape index (κ2) is 5.07. The van der Waals surface area contributed by atoms with Crippen LogP contribution >= 0.6 is 11.6 Å². The first kappa shape index (κ1) is 11.1. The van der Waals surface area contributed by atoms with Crippen molar-refractivity contribution in [3.8, 4) is 0 Å². The zero-order valence-corrected chi connectivity index (χ0v) is 9.80. The summed E-state index contributed by atoms with van der Waals surface area (Å²) < 4.78 is 1.79. The van der Waals surface area contributed by atoms with E-state index in [2.05, 4.69) is 15.3 Å². The molecule has 5 heteroatoms. The van der Waals surface area contributed by atoms with Gasteiger partial charge >= 0.3 is 0 Å². The molecule has 0 aliphatic heterocycles. The molecule has 16 heavy (non-hydrogen) atoms. The van der Waals surface area contributed by atoms with Gasteiger partial charge < -0.3 is 0 Å². The fourth-order valence-corrected chi connectivity index (χ4v) is 1.52. The van der Waals surface area contributed by atoms with Crippen molar-refractivity contribution in [2.75, 3.05) is 0 Å². The Labute approximate surface area is 99.3 Å². The van der Waals surface area contributed by atoms with Crippen molar-refractivity contribution in [2.24, 2.45) is 0 Å². The summed E-state index contributed by atoms with van der Waals surface area (Å²) in [5.41, 5.74) is 1.98. The van der Waals surface area contributed by atoms with Crippen molar-refractivity contribution in [1.82, 2.24) is 20.0 Å². The lowest BCUT2D eigenvalue weighted by atomic mass is 10.2. The maximum absolute atomic E-state index is 6.08. The van der Waals surface area contributed by atoms with Gasteiger partial charge in [-0.1, -0.05) is 12.1 Å². The van der Waals surface area contributed by atoms with E-state index in [1.165, 1.54) is 0 Å². The molecule has 1 atom stereocenters. The van der Waals surface area contributed by atoms with Crippen LogP contribution in [-0.4, -0.2) is 20.0 Å². The van der Waals surface area contributed by atoms with E-state index in [0.717, 1.165) is 17.7 Å². The lowest BCUT2D eigenvalue weighted by Gasteiger charge is -2.00. The highest BCUT2D eigenvalue weighted by atomic mass is 35.5. The molecular formula is C11H13ClN4. The van der Waals surface area contributed by atoms with Gasteiger partial charge in [0.05, 0.1) is 18.1 Å². The summed E-state index contributed by atoms with van der Waals surface area (Å²) in [5, 5.41) is 8.04. The third-order valence-electron chi connectivity index (χ3n) is 2.33. The molecule has 2 aromatic heterocycles. The predicted octanol–water partition coefficient (Wildman–Crippen LogP) is 2.41. The average molecular weight is 237 g/mol.